The number of carbonyl (C=O) groups excluding carboxylic acids is 1. The lowest BCUT2D eigenvalue weighted by Gasteiger charge is -2.21. The maximum atomic E-state index is 11.6. The Morgan fingerprint density at radius 3 is 2.31 bits per heavy atom. The van der Waals surface area contributed by atoms with E-state index in [2.05, 4.69) is 11.2 Å². The van der Waals surface area contributed by atoms with Gasteiger partial charge in [-0.2, -0.15) is 11.8 Å². The number of carbonyl (C=O) groups is 1. The zero-order chi connectivity index (χ0) is 10.5. The molecule has 3 heteroatoms. The van der Waals surface area contributed by atoms with Crippen molar-refractivity contribution in [2.75, 3.05) is 32.1 Å². The molecule has 13 heavy (non-hydrogen) atoms. The number of likely N-dealkylation sites (N-methyl/N-ethyl adjacent to an activating group) is 1. The maximum Gasteiger partial charge on any atom is 0.152 e. The summed E-state index contributed by atoms with van der Waals surface area (Å²) in [5, 5.41) is 0. The van der Waals surface area contributed by atoms with Gasteiger partial charge in [-0.1, -0.05) is 20.8 Å². The number of nitrogens with zero attached hydrogens (tertiary/aromatic N) is 1. The average molecular weight is 203 g/mol. The van der Waals surface area contributed by atoms with Crippen LogP contribution in [0.25, 0.3) is 0 Å². The van der Waals surface area contributed by atoms with Gasteiger partial charge < -0.3 is 0 Å². The van der Waals surface area contributed by atoms with Gasteiger partial charge in [0, 0.05) is 17.7 Å². The normalized spacial score (nSPS) is 12.2. The third-order valence-corrected chi connectivity index (χ3v) is 2.52. The molecule has 0 heterocycles. The SMILES string of the molecule is CSCCN(C)CC(=O)C(C)(C)C. The smallest absolute Gasteiger partial charge is 0.152 e. The molecule has 0 fully saturated rings. The Balaban J connectivity index is 3.79. The topological polar surface area (TPSA) is 20.3 Å². The highest BCUT2D eigenvalue weighted by Crippen LogP contribution is 2.14. The second-order valence-electron chi connectivity index (χ2n) is 4.40. The third-order valence-electron chi connectivity index (χ3n) is 1.93. The summed E-state index contributed by atoms with van der Waals surface area (Å²) in [5.74, 6) is 1.41. The molecule has 0 radical (unpaired) electrons. The van der Waals surface area contributed by atoms with Gasteiger partial charge in [0.2, 0.25) is 0 Å². The lowest BCUT2D eigenvalue weighted by Crippen LogP contribution is -2.34. The molecule has 0 spiro atoms. The summed E-state index contributed by atoms with van der Waals surface area (Å²) in [6, 6.07) is 0. The molecule has 0 atom stereocenters. The molecule has 2 nitrogen and oxygen atoms in total. The van der Waals surface area contributed by atoms with E-state index in [1.165, 1.54) is 0 Å². The Morgan fingerprint density at radius 2 is 1.92 bits per heavy atom. The predicted molar refractivity (Wildman–Crippen MR) is 60.3 cm³/mol. The van der Waals surface area contributed by atoms with E-state index in [-0.39, 0.29) is 5.41 Å². The zero-order valence-corrected chi connectivity index (χ0v) is 10.2. The summed E-state index contributed by atoms with van der Waals surface area (Å²) < 4.78 is 0. The van der Waals surface area contributed by atoms with Crippen molar-refractivity contribution >= 4 is 17.5 Å². The molecule has 0 aromatic heterocycles. The van der Waals surface area contributed by atoms with Gasteiger partial charge in [-0.3, -0.25) is 9.69 Å². The molecular weight excluding hydrogens is 182 g/mol. The van der Waals surface area contributed by atoms with Gasteiger partial charge in [-0.25, -0.2) is 0 Å². The van der Waals surface area contributed by atoms with E-state index in [9.17, 15) is 4.79 Å². The first kappa shape index (κ1) is 13.0. The van der Waals surface area contributed by atoms with E-state index in [1.807, 2.05) is 39.6 Å². The van der Waals surface area contributed by atoms with Gasteiger partial charge in [0.25, 0.3) is 0 Å². The molecule has 0 saturated heterocycles. The number of hydrogen-bond acceptors (Lipinski definition) is 3. The van der Waals surface area contributed by atoms with Crippen LogP contribution in [-0.4, -0.2) is 42.8 Å². The van der Waals surface area contributed by atoms with E-state index < -0.39 is 0 Å². The second-order valence-corrected chi connectivity index (χ2v) is 5.39. The van der Waals surface area contributed by atoms with Crippen molar-refractivity contribution in [2.24, 2.45) is 5.41 Å². The molecule has 0 aliphatic rings. The first-order valence-electron chi connectivity index (χ1n) is 4.58. The van der Waals surface area contributed by atoms with Gasteiger partial charge in [0.05, 0.1) is 6.54 Å². The molecule has 0 amide bonds. The molecular formula is C10H21NOS. The first-order valence-corrected chi connectivity index (χ1v) is 5.98. The molecule has 0 aromatic carbocycles. The number of Topliss-reactive ketones (excluding diaryl/α,β-unsaturated/α-hetero) is 1. The predicted octanol–water partition coefficient (Wildman–Crippen LogP) is 1.90. The Bertz CT molecular complexity index is 163. The van der Waals surface area contributed by atoms with E-state index in [4.69, 9.17) is 0 Å². The van der Waals surface area contributed by atoms with Gasteiger partial charge in [-0.15, -0.1) is 0 Å². The van der Waals surface area contributed by atoms with E-state index in [0.29, 0.717) is 12.3 Å². The van der Waals surface area contributed by atoms with Crippen molar-refractivity contribution in [1.82, 2.24) is 4.90 Å². The summed E-state index contributed by atoms with van der Waals surface area (Å²) in [4.78, 5) is 13.7. The van der Waals surface area contributed by atoms with Crippen LogP contribution in [0.1, 0.15) is 20.8 Å². The van der Waals surface area contributed by atoms with Crippen LogP contribution in [0.2, 0.25) is 0 Å². The minimum atomic E-state index is -0.201. The summed E-state index contributed by atoms with van der Waals surface area (Å²) >= 11 is 1.81. The van der Waals surface area contributed by atoms with Gasteiger partial charge >= 0.3 is 0 Å². The largest absolute Gasteiger partial charge is 0.298 e. The molecule has 0 bridgehead atoms. The van der Waals surface area contributed by atoms with Crippen LogP contribution in [0.3, 0.4) is 0 Å². The number of hydrogen-bond donors (Lipinski definition) is 0. The molecule has 0 unspecified atom stereocenters. The third kappa shape index (κ3) is 6.11. The molecule has 0 aliphatic carbocycles. The van der Waals surface area contributed by atoms with Crippen molar-refractivity contribution in [2.45, 2.75) is 20.8 Å². The zero-order valence-electron chi connectivity index (χ0n) is 9.39. The van der Waals surface area contributed by atoms with Crippen molar-refractivity contribution in [3.63, 3.8) is 0 Å². The van der Waals surface area contributed by atoms with Crippen LogP contribution in [0.4, 0.5) is 0 Å². The molecule has 0 aromatic rings. The molecule has 78 valence electrons. The van der Waals surface area contributed by atoms with Crippen molar-refractivity contribution in [1.29, 1.82) is 0 Å². The summed E-state index contributed by atoms with van der Waals surface area (Å²) in [7, 11) is 2.00. The van der Waals surface area contributed by atoms with Gasteiger partial charge in [0.15, 0.2) is 5.78 Å². The van der Waals surface area contributed by atoms with Crippen molar-refractivity contribution in [3.8, 4) is 0 Å². The van der Waals surface area contributed by atoms with Crippen molar-refractivity contribution < 1.29 is 4.79 Å². The van der Waals surface area contributed by atoms with Crippen LogP contribution in [-0.2, 0) is 4.79 Å². The second kappa shape index (κ2) is 5.66. The molecule has 0 aliphatic heterocycles. The van der Waals surface area contributed by atoms with E-state index >= 15 is 0 Å². The van der Waals surface area contributed by atoms with Gasteiger partial charge in [-0.05, 0) is 13.3 Å². The summed E-state index contributed by atoms with van der Waals surface area (Å²) in [5.41, 5.74) is -0.201. The monoisotopic (exact) mass is 203 g/mol. The fourth-order valence-electron chi connectivity index (χ4n) is 0.809. The number of rotatable bonds is 5. The molecule has 0 N–H and O–H groups in total. The Labute approximate surface area is 86.1 Å². The van der Waals surface area contributed by atoms with Crippen LogP contribution < -0.4 is 0 Å². The molecule has 0 rings (SSSR count). The first-order chi connectivity index (χ1) is 5.88. The van der Waals surface area contributed by atoms with E-state index in [0.717, 1.165) is 12.3 Å². The minimum absolute atomic E-state index is 0.201. The number of thioether (sulfide) groups is 1. The highest BCUT2D eigenvalue weighted by molar-refractivity contribution is 7.98. The minimum Gasteiger partial charge on any atom is -0.298 e. The summed E-state index contributed by atoms with van der Waals surface area (Å²) in [6.07, 6.45) is 2.08. The van der Waals surface area contributed by atoms with E-state index in [1.54, 1.807) is 0 Å². The highest BCUT2D eigenvalue weighted by Gasteiger charge is 2.21. The number of ketones is 1. The Morgan fingerprint density at radius 1 is 1.38 bits per heavy atom. The molecule has 0 saturated carbocycles. The van der Waals surface area contributed by atoms with Gasteiger partial charge in [0.1, 0.15) is 0 Å². The van der Waals surface area contributed by atoms with Crippen LogP contribution in [0.15, 0.2) is 0 Å². The standard InChI is InChI=1S/C10H21NOS/c1-10(2,3)9(12)8-11(4)6-7-13-5/h6-8H2,1-5H3. The fourth-order valence-corrected chi connectivity index (χ4v) is 1.30. The van der Waals surface area contributed by atoms with Crippen LogP contribution >= 0.6 is 11.8 Å². The van der Waals surface area contributed by atoms with Crippen LogP contribution in [0.5, 0.6) is 0 Å². The average Bonchev–Trinajstić information content (AvgIpc) is 1.99. The van der Waals surface area contributed by atoms with Crippen LogP contribution in [0, 0.1) is 5.41 Å². The quantitative estimate of drug-likeness (QED) is 0.680. The lowest BCUT2D eigenvalue weighted by molar-refractivity contribution is -0.127. The maximum absolute atomic E-state index is 11.6. The highest BCUT2D eigenvalue weighted by atomic mass is 32.2. The summed E-state index contributed by atoms with van der Waals surface area (Å²) in [6.45, 7) is 7.47. The van der Waals surface area contributed by atoms with Crippen molar-refractivity contribution in [3.05, 3.63) is 0 Å². The lowest BCUT2D eigenvalue weighted by atomic mass is 9.90. The Kier molecular flexibility index (Phi) is 5.65. The fraction of sp³-hybridized carbons (Fsp3) is 0.900. The Hall–Kier alpha value is -0.0200.